The first-order chi connectivity index (χ1) is 12.1. The first kappa shape index (κ1) is 21.6. The van der Waals surface area contributed by atoms with Crippen molar-refractivity contribution in [1.29, 1.82) is 0 Å². The number of carbonyl (C=O) groups is 2. The van der Waals surface area contributed by atoms with Gasteiger partial charge in [0, 0.05) is 0 Å². The topological polar surface area (TPSA) is 128 Å². The largest absolute Gasteiger partial charge is 0.508 e. The third kappa shape index (κ3) is 7.18. The van der Waals surface area contributed by atoms with Gasteiger partial charge in [0.1, 0.15) is 18.2 Å². The molecule has 146 valence electrons. The van der Waals surface area contributed by atoms with Gasteiger partial charge in [-0.25, -0.2) is 4.79 Å². The van der Waals surface area contributed by atoms with Crippen LogP contribution in [0.2, 0.25) is 0 Å². The summed E-state index contributed by atoms with van der Waals surface area (Å²) in [5, 5.41) is 18.7. The number of esters is 1. The minimum absolute atomic E-state index is 0.116. The molecule has 0 bridgehead atoms. The Labute approximate surface area is 152 Å². The highest BCUT2D eigenvalue weighted by molar-refractivity contribution is 5.76. The van der Waals surface area contributed by atoms with Crippen LogP contribution in [0, 0.1) is 5.92 Å². The fourth-order valence-electron chi connectivity index (χ4n) is 1.92. The molecule has 26 heavy (non-hydrogen) atoms. The van der Waals surface area contributed by atoms with Crippen LogP contribution in [-0.2, 0) is 25.4 Å². The molecule has 0 aliphatic rings. The molecule has 1 aromatic carbocycles. The van der Waals surface area contributed by atoms with Crippen LogP contribution in [0.1, 0.15) is 33.3 Å². The zero-order chi connectivity index (χ0) is 19.9. The summed E-state index contributed by atoms with van der Waals surface area (Å²) in [6, 6.07) is 3.20. The number of rotatable bonds is 8. The molecule has 0 heterocycles. The van der Waals surface area contributed by atoms with Crippen molar-refractivity contribution in [2.24, 2.45) is 11.7 Å². The van der Waals surface area contributed by atoms with Gasteiger partial charge in [0.15, 0.2) is 11.5 Å². The van der Waals surface area contributed by atoms with Gasteiger partial charge in [0.05, 0.1) is 6.61 Å². The maximum Gasteiger partial charge on any atom is 0.508 e. The molecule has 0 fully saturated rings. The Balaban J connectivity index is 2.48. The number of hydrogen-bond acceptors (Lipinski definition) is 8. The van der Waals surface area contributed by atoms with E-state index in [2.05, 4.69) is 0 Å². The number of aromatic hydroxyl groups is 2. The molecular formula is C18H27NO7. The monoisotopic (exact) mass is 369 g/mol. The number of phenolic OH excluding ortho intramolecular Hbond substituents is 2. The predicted molar refractivity (Wildman–Crippen MR) is 93.7 cm³/mol. The second kappa shape index (κ2) is 9.86. The van der Waals surface area contributed by atoms with Gasteiger partial charge >= 0.3 is 12.1 Å². The third-order valence-electron chi connectivity index (χ3n) is 3.58. The van der Waals surface area contributed by atoms with Crippen molar-refractivity contribution in [2.45, 2.75) is 52.4 Å². The molecule has 0 spiro atoms. The number of benzene rings is 1. The van der Waals surface area contributed by atoms with Crippen molar-refractivity contribution in [2.75, 3.05) is 6.61 Å². The summed E-state index contributed by atoms with van der Waals surface area (Å²) >= 11 is 0. The molecule has 0 saturated heterocycles. The van der Waals surface area contributed by atoms with Crippen LogP contribution in [-0.4, -0.2) is 47.2 Å². The molecule has 1 aromatic rings. The number of carbonyl (C=O) groups excluding carboxylic acids is 2. The molecule has 3 atom stereocenters. The molecule has 0 saturated carbocycles. The lowest BCUT2D eigenvalue weighted by Crippen LogP contribution is -2.39. The summed E-state index contributed by atoms with van der Waals surface area (Å²) in [6.45, 7) is 7.20. The van der Waals surface area contributed by atoms with E-state index in [-0.39, 0.29) is 30.4 Å². The molecule has 0 aromatic heterocycles. The van der Waals surface area contributed by atoms with Crippen LogP contribution < -0.4 is 5.73 Å². The van der Waals surface area contributed by atoms with Crippen LogP contribution >= 0.6 is 0 Å². The number of ether oxygens (including phenoxy) is 3. The van der Waals surface area contributed by atoms with Crippen molar-refractivity contribution in [3.8, 4) is 11.5 Å². The molecule has 8 nitrogen and oxygen atoms in total. The summed E-state index contributed by atoms with van der Waals surface area (Å²) < 4.78 is 15.2. The summed E-state index contributed by atoms with van der Waals surface area (Å²) in [5.74, 6) is -1.03. The van der Waals surface area contributed by atoms with Crippen LogP contribution in [0.15, 0.2) is 18.2 Å². The molecule has 0 aliphatic heterocycles. The van der Waals surface area contributed by atoms with Gasteiger partial charge in [-0.15, -0.1) is 0 Å². The average molecular weight is 369 g/mol. The first-order valence-electron chi connectivity index (χ1n) is 8.40. The Hall–Kier alpha value is -2.48. The van der Waals surface area contributed by atoms with E-state index in [1.807, 2.05) is 13.8 Å². The zero-order valence-electron chi connectivity index (χ0n) is 15.5. The Kier molecular flexibility index (Phi) is 8.18. The van der Waals surface area contributed by atoms with Gasteiger partial charge < -0.3 is 30.2 Å². The molecular weight excluding hydrogens is 342 g/mol. The smallest absolute Gasteiger partial charge is 0.504 e. The van der Waals surface area contributed by atoms with Gasteiger partial charge in [0.2, 0.25) is 0 Å². The molecule has 0 unspecified atom stereocenters. The predicted octanol–water partition coefficient (Wildman–Crippen LogP) is 2.10. The van der Waals surface area contributed by atoms with Crippen LogP contribution in [0.25, 0.3) is 0 Å². The Morgan fingerprint density at radius 1 is 1.04 bits per heavy atom. The average Bonchev–Trinajstić information content (AvgIpc) is 2.56. The van der Waals surface area contributed by atoms with E-state index in [1.54, 1.807) is 19.9 Å². The third-order valence-corrected chi connectivity index (χ3v) is 3.58. The molecule has 0 amide bonds. The summed E-state index contributed by atoms with van der Waals surface area (Å²) in [4.78, 5) is 23.6. The Morgan fingerprint density at radius 3 is 2.23 bits per heavy atom. The first-order valence-corrected chi connectivity index (χ1v) is 8.40. The lowest BCUT2D eigenvalue weighted by molar-refractivity contribution is -0.155. The molecule has 1 rings (SSSR count). The number of hydrogen-bond donors (Lipinski definition) is 3. The van der Waals surface area contributed by atoms with Crippen molar-refractivity contribution < 1.29 is 34.0 Å². The number of phenols is 2. The van der Waals surface area contributed by atoms with Crippen LogP contribution in [0.4, 0.5) is 4.79 Å². The summed E-state index contributed by atoms with van der Waals surface area (Å²) in [6.07, 6.45) is -2.12. The maximum atomic E-state index is 12.1. The second-order valence-electron chi connectivity index (χ2n) is 6.55. The van der Waals surface area contributed by atoms with Gasteiger partial charge in [-0.2, -0.15) is 0 Å². The zero-order valence-corrected chi connectivity index (χ0v) is 15.5. The quantitative estimate of drug-likeness (QED) is 0.469. The maximum absolute atomic E-state index is 12.1. The molecule has 0 radical (unpaired) electrons. The van der Waals surface area contributed by atoms with E-state index in [4.69, 9.17) is 19.9 Å². The SMILES string of the molecule is CC(C)COC(=O)O[C@H](C)[C@@H](C)OC(=O)[C@@H](N)Cc1ccc(O)c(O)c1. The minimum atomic E-state index is -0.971. The number of nitrogens with two attached hydrogens (primary N) is 1. The highest BCUT2D eigenvalue weighted by Gasteiger charge is 2.25. The van der Waals surface area contributed by atoms with Crippen molar-refractivity contribution in [1.82, 2.24) is 0 Å². The lowest BCUT2D eigenvalue weighted by Gasteiger charge is -2.22. The van der Waals surface area contributed by atoms with E-state index in [0.29, 0.717) is 5.56 Å². The van der Waals surface area contributed by atoms with E-state index in [9.17, 15) is 19.8 Å². The summed E-state index contributed by atoms with van der Waals surface area (Å²) in [5.41, 5.74) is 6.39. The van der Waals surface area contributed by atoms with Crippen molar-refractivity contribution in [3.63, 3.8) is 0 Å². The van der Waals surface area contributed by atoms with Crippen LogP contribution in [0.3, 0.4) is 0 Å². The standard InChI is InChI=1S/C18H27NO7/c1-10(2)9-24-18(23)26-12(4)11(3)25-17(22)14(19)7-13-5-6-15(20)16(21)8-13/h5-6,8,10-12,14,20-21H,7,9,19H2,1-4H3/t11-,12-,14+/m1/s1. The van der Waals surface area contributed by atoms with Gasteiger partial charge in [-0.05, 0) is 43.9 Å². The van der Waals surface area contributed by atoms with E-state index >= 15 is 0 Å². The molecule has 0 aliphatic carbocycles. The van der Waals surface area contributed by atoms with Crippen LogP contribution in [0.5, 0.6) is 11.5 Å². The minimum Gasteiger partial charge on any atom is -0.504 e. The van der Waals surface area contributed by atoms with E-state index < -0.39 is 30.4 Å². The lowest BCUT2D eigenvalue weighted by atomic mass is 10.1. The molecule has 8 heteroatoms. The van der Waals surface area contributed by atoms with E-state index in [1.165, 1.54) is 12.1 Å². The van der Waals surface area contributed by atoms with Crippen molar-refractivity contribution in [3.05, 3.63) is 23.8 Å². The molecule has 4 N–H and O–H groups in total. The van der Waals surface area contributed by atoms with Gasteiger partial charge in [-0.3, -0.25) is 4.79 Å². The second-order valence-corrected chi connectivity index (χ2v) is 6.55. The Bertz CT molecular complexity index is 618. The van der Waals surface area contributed by atoms with Gasteiger partial charge in [-0.1, -0.05) is 19.9 Å². The van der Waals surface area contributed by atoms with Gasteiger partial charge in [0.25, 0.3) is 0 Å². The highest BCUT2D eigenvalue weighted by atomic mass is 16.7. The highest BCUT2D eigenvalue weighted by Crippen LogP contribution is 2.25. The fraction of sp³-hybridized carbons (Fsp3) is 0.556. The fourth-order valence-corrected chi connectivity index (χ4v) is 1.92. The Morgan fingerprint density at radius 2 is 1.65 bits per heavy atom. The van der Waals surface area contributed by atoms with Crippen molar-refractivity contribution >= 4 is 12.1 Å². The summed E-state index contributed by atoms with van der Waals surface area (Å²) in [7, 11) is 0. The van der Waals surface area contributed by atoms with E-state index in [0.717, 1.165) is 0 Å². The normalized spacial score (nSPS) is 14.4.